The molecule has 0 radical (unpaired) electrons. The second-order valence-corrected chi connectivity index (χ2v) is 5.85. The Balaban J connectivity index is 0.000000774. The van der Waals surface area contributed by atoms with E-state index in [2.05, 4.69) is 29.7 Å². The van der Waals surface area contributed by atoms with Crippen molar-refractivity contribution in [2.75, 3.05) is 34.4 Å². The van der Waals surface area contributed by atoms with Crippen LogP contribution in [-0.2, 0) is 6.42 Å². The minimum Gasteiger partial charge on any atom is -0.493 e. The van der Waals surface area contributed by atoms with Gasteiger partial charge in [0.1, 0.15) is 0 Å². The van der Waals surface area contributed by atoms with Gasteiger partial charge in [-0.25, -0.2) is 0 Å². The first-order valence-corrected chi connectivity index (χ1v) is 7.79. The van der Waals surface area contributed by atoms with E-state index in [1.54, 1.807) is 14.2 Å². The molecule has 1 aromatic rings. The molecule has 0 bridgehead atoms. The molecule has 1 fully saturated rings. The van der Waals surface area contributed by atoms with Crippen LogP contribution in [0.1, 0.15) is 36.9 Å². The number of ether oxygens (including phenoxy) is 2. The van der Waals surface area contributed by atoms with Crippen molar-refractivity contribution in [1.82, 2.24) is 4.90 Å². The zero-order valence-corrected chi connectivity index (χ0v) is 13.7. The van der Waals surface area contributed by atoms with E-state index in [4.69, 9.17) is 9.47 Å². The molecule has 0 aliphatic carbocycles. The largest absolute Gasteiger partial charge is 0.493 e. The van der Waals surface area contributed by atoms with Crippen LogP contribution < -0.4 is 15.2 Å². The topological polar surface area (TPSA) is 47.7 Å². The second-order valence-electron chi connectivity index (χ2n) is 5.85. The van der Waals surface area contributed by atoms with E-state index in [-0.39, 0.29) is 0 Å². The smallest absolute Gasteiger partial charge is 0.161 e. The third-order valence-corrected chi connectivity index (χ3v) is 4.59. The van der Waals surface area contributed by atoms with Gasteiger partial charge in [0.25, 0.3) is 0 Å². The summed E-state index contributed by atoms with van der Waals surface area (Å²) in [5, 5.41) is 0. The lowest BCUT2D eigenvalue weighted by molar-refractivity contribution is 0.105. The number of piperidine rings is 1. The number of fused-ring (bicyclic) bond motifs is 3. The highest BCUT2D eigenvalue weighted by atomic mass is 16.5. The molecule has 2 N–H and O–H groups in total. The molecule has 4 heteroatoms. The molecule has 2 atom stereocenters. The van der Waals surface area contributed by atoms with Gasteiger partial charge in [0.2, 0.25) is 0 Å². The number of methoxy groups -OCH3 is 2. The lowest BCUT2D eigenvalue weighted by Crippen LogP contribution is -2.41. The number of hydrogen-bond donors (Lipinski definition) is 1. The first kappa shape index (κ1) is 16.1. The van der Waals surface area contributed by atoms with Crippen LogP contribution in [0.2, 0.25) is 0 Å². The summed E-state index contributed by atoms with van der Waals surface area (Å²) < 4.78 is 10.9. The first-order valence-electron chi connectivity index (χ1n) is 7.79. The average molecular weight is 292 g/mol. The van der Waals surface area contributed by atoms with Gasteiger partial charge in [0.15, 0.2) is 11.5 Å². The van der Waals surface area contributed by atoms with Gasteiger partial charge in [-0.05, 0) is 55.5 Å². The fourth-order valence-electron chi connectivity index (χ4n) is 3.57. The molecule has 2 aliphatic heterocycles. The molecule has 0 aromatic heterocycles. The maximum atomic E-state index is 5.46. The summed E-state index contributed by atoms with van der Waals surface area (Å²) in [5.41, 5.74) is 7.39. The van der Waals surface area contributed by atoms with Crippen LogP contribution >= 0.6 is 0 Å². The minimum atomic E-state index is 0.583. The molecule has 2 unspecified atom stereocenters. The molecule has 0 spiro atoms. The lowest BCUT2D eigenvalue weighted by atomic mass is 9.84. The molecule has 0 amide bonds. The minimum absolute atomic E-state index is 0.583. The molecular weight excluding hydrogens is 264 g/mol. The van der Waals surface area contributed by atoms with Crippen LogP contribution in [0.4, 0.5) is 0 Å². The van der Waals surface area contributed by atoms with Crippen LogP contribution in [-0.4, -0.2) is 39.3 Å². The highest BCUT2D eigenvalue weighted by molar-refractivity contribution is 5.49. The summed E-state index contributed by atoms with van der Waals surface area (Å²) in [5.74, 6) is 2.55. The predicted octanol–water partition coefficient (Wildman–Crippen LogP) is 2.61. The molecule has 1 saturated heterocycles. The van der Waals surface area contributed by atoms with Gasteiger partial charge in [-0.1, -0.05) is 6.92 Å². The maximum Gasteiger partial charge on any atom is 0.161 e. The van der Waals surface area contributed by atoms with Gasteiger partial charge < -0.3 is 15.2 Å². The maximum absolute atomic E-state index is 5.46. The fraction of sp³-hybridized carbons (Fsp3) is 0.647. The normalized spacial score (nSPS) is 24.2. The van der Waals surface area contributed by atoms with Crippen molar-refractivity contribution >= 4 is 0 Å². The van der Waals surface area contributed by atoms with Gasteiger partial charge in [0, 0.05) is 19.1 Å². The lowest BCUT2D eigenvalue weighted by Gasteiger charge is -2.43. The monoisotopic (exact) mass is 292 g/mol. The van der Waals surface area contributed by atoms with Crippen LogP contribution in [0, 0.1) is 5.92 Å². The van der Waals surface area contributed by atoms with E-state index < -0.39 is 0 Å². The predicted molar refractivity (Wildman–Crippen MR) is 86.1 cm³/mol. The van der Waals surface area contributed by atoms with E-state index >= 15 is 0 Å². The Morgan fingerprint density at radius 2 is 1.76 bits per heavy atom. The van der Waals surface area contributed by atoms with Crippen molar-refractivity contribution in [2.24, 2.45) is 11.7 Å². The van der Waals surface area contributed by atoms with Crippen LogP contribution in [0.3, 0.4) is 0 Å². The Kier molecular flexibility index (Phi) is 5.48. The van der Waals surface area contributed by atoms with Crippen LogP contribution in [0.15, 0.2) is 12.1 Å². The van der Waals surface area contributed by atoms with E-state index in [1.807, 2.05) is 0 Å². The highest BCUT2D eigenvalue weighted by Crippen LogP contribution is 2.42. The molecule has 3 rings (SSSR count). The Hall–Kier alpha value is -1.26. The van der Waals surface area contributed by atoms with E-state index in [0.29, 0.717) is 6.04 Å². The third kappa shape index (κ3) is 3.16. The second kappa shape index (κ2) is 7.14. The van der Waals surface area contributed by atoms with Crippen LogP contribution in [0.25, 0.3) is 0 Å². The van der Waals surface area contributed by atoms with Crippen molar-refractivity contribution in [3.8, 4) is 11.5 Å². The first-order chi connectivity index (χ1) is 10.2. The average Bonchev–Trinajstić information content (AvgIpc) is 2.54. The van der Waals surface area contributed by atoms with Gasteiger partial charge in [-0.15, -0.1) is 0 Å². The molecule has 4 nitrogen and oxygen atoms in total. The van der Waals surface area contributed by atoms with Gasteiger partial charge in [-0.3, -0.25) is 4.90 Å². The SMILES string of the molecule is CN.COc1cc2c(cc1OC)C1CCC(C)CN1CC2. The number of nitrogens with zero attached hydrogens (tertiary/aromatic N) is 1. The Labute approximate surface area is 128 Å². The van der Waals surface area contributed by atoms with Gasteiger partial charge in [-0.2, -0.15) is 0 Å². The van der Waals surface area contributed by atoms with Crippen molar-refractivity contribution in [1.29, 1.82) is 0 Å². The summed E-state index contributed by atoms with van der Waals surface area (Å²) >= 11 is 0. The van der Waals surface area contributed by atoms with Crippen molar-refractivity contribution in [3.63, 3.8) is 0 Å². The van der Waals surface area contributed by atoms with Crippen LogP contribution in [0.5, 0.6) is 11.5 Å². The quantitative estimate of drug-likeness (QED) is 0.910. The number of hydrogen-bond acceptors (Lipinski definition) is 4. The standard InChI is InChI=1S/C16H23NO2.CH5N/c1-11-4-5-14-13-9-16(19-3)15(18-2)8-12(13)6-7-17(14)10-11;1-2/h8-9,11,14H,4-7,10H2,1-3H3;2H2,1H3. The Bertz CT molecular complexity index is 476. The van der Waals surface area contributed by atoms with Gasteiger partial charge in [0.05, 0.1) is 14.2 Å². The van der Waals surface area contributed by atoms with E-state index in [1.165, 1.54) is 44.1 Å². The fourth-order valence-corrected chi connectivity index (χ4v) is 3.57. The van der Waals surface area contributed by atoms with Crippen molar-refractivity contribution in [3.05, 3.63) is 23.3 Å². The summed E-state index contributed by atoms with van der Waals surface area (Å²) in [6, 6.07) is 4.95. The molecule has 21 heavy (non-hydrogen) atoms. The summed E-state index contributed by atoms with van der Waals surface area (Å²) in [7, 11) is 4.93. The molecule has 2 heterocycles. The highest BCUT2D eigenvalue weighted by Gasteiger charge is 2.32. The number of rotatable bonds is 2. The summed E-state index contributed by atoms with van der Waals surface area (Å²) in [6.45, 7) is 4.77. The molecule has 0 saturated carbocycles. The summed E-state index contributed by atoms with van der Waals surface area (Å²) in [6.07, 6.45) is 3.72. The zero-order valence-electron chi connectivity index (χ0n) is 13.7. The molecule has 118 valence electrons. The summed E-state index contributed by atoms with van der Waals surface area (Å²) in [4.78, 5) is 2.64. The molecular formula is C17H28N2O2. The van der Waals surface area contributed by atoms with E-state index in [9.17, 15) is 0 Å². The van der Waals surface area contributed by atoms with Crippen molar-refractivity contribution in [2.45, 2.75) is 32.2 Å². The third-order valence-electron chi connectivity index (χ3n) is 4.59. The van der Waals surface area contributed by atoms with E-state index in [0.717, 1.165) is 23.8 Å². The number of nitrogens with two attached hydrogens (primary N) is 1. The molecule has 2 aliphatic rings. The van der Waals surface area contributed by atoms with Crippen molar-refractivity contribution < 1.29 is 9.47 Å². The van der Waals surface area contributed by atoms with Gasteiger partial charge >= 0.3 is 0 Å². The molecule has 1 aromatic carbocycles. The Morgan fingerprint density at radius 1 is 1.10 bits per heavy atom. The number of benzene rings is 1. The Morgan fingerprint density at radius 3 is 2.43 bits per heavy atom. The zero-order chi connectivity index (χ0) is 15.4.